The SMILES string of the molecule is COc1c(Cl)c(Cl)c2ncc3c(c2c1Br)CN(C)C3.O=CCO. The minimum absolute atomic E-state index is 0.361. The van der Waals surface area contributed by atoms with Gasteiger partial charge in [-0.3, -0.25) is 9.88 Å². The fourth-order valence-corrected chi connectivity index (χ4v) is 3.91. The molecule has 124 valence electrons. The van der Waals surface area contributed by atoms with Gasteiger partial charge >= 0.3 is 0 Å². The number of halogens is 3. The lowest BCUT2D eigenvalue weighted by molar-refractivity contribution is -0.110. The number of carbonyl (C=O) groups is 1. The van der Waals surface area contributed by atoms with Crippen molar-refractivity contribution in [3.8, 4) is 5.75 Å². The number of benzene rings is 1. The summed E-state index contributed by atoms with van der Waals surface area (Å²) in [5.41, 5.74) is 3.17. The van der Waals surface area contributed by atoms with Crippen LogP contribution in [-0.2, 0) is 17.9 Å². The van der Waals surface area contributed by atoms with Gasteiger partial charge in [-0.15, -0.1) is 0 Å². The summed E-state index contributed by atoms with van der Waals surface area (Å²) in [6.45, 7) is 1.40. The number of ether oxygens (including phenoxy) is 1. The number of rotatable bonds is 2. The Hall–Kier alpha value is -0.920. The van der Waals surface area contributed by atoms with Crippen molar-refractivity contribution in [1.29, 1.82) is 0 Å². The van der Waals surface area contributed by atoms with E-state index in [9.17, 15) is 0 Å². The summed E-state index contributed by atoms with van der Waals surface area (Å²) in [6, 6.07) is 0. The van der Waals surface area contributed by atoms with E-state index in [1.807, 2.05) is 6.20 Å². The van der Waals surface area contributed by atoms with E-state index in [-0.39, 0.29) is 6.61 Å². The van der Waals surface area contributed by atoms with Crippen LogP contribution in [0.1, 0.15) is 11.1 Å². The number of hydrogen-bond acceptors (Lipinski definition) is 5. The molecule has 1 aromatic heterocycles. The maximum Gasteiger partial charge on any atom is 0.153 e. The van der Waals surface area contributed by atoms with E-state index in [1.54, 1.807) is 7.11 Å². The van der Waals surface area contributed by atoms with E-state index in [0.29, 0.717) is 27.6 Å². The average molecular weight is 422 g/mol. The molecule has 0 atom stereocenters. The summed E-state index contributed by atoms with van der Waals surface area (Å²) in [7, 11) is 3.66. The van der Waals surface area contributed by atoms with Crippen LogP contribution in [0.15, 0.2) is 10.7 Å². The second-order valence-corrected chi connectivity index (χ2v) is 6.53. The van der Waals surface area contributed by atoms with Crippen LogP contribution in [0.25, 0.3) is 10.9 Å². The molecule has 2 heterocycles. The van der Waals surface area contributed by atoms with Crippen molar-refractivity contribution in [2.24, 2.45) is 0 Å². The minimum atomic E-state index is -0.361. The summed E-state index contributed by atoms with van der Waals surface area (Å²) in [5, 5.41) is 9.33. The summed E-state index contributed by atoms with van der Waals surface area (Å²) < 4.78 is 6.17. The molecule has 1 aromatic carbocycles. The first-order chi connectivity index (χ1) is 11.0. The molecule has 0 saturated carbocycles. The van der Waals surface area contributed by atoms with Gasteiger partial charge in [0.25, 0.3) is 0 Å². The highest BCUT2D eigenvalue weighted by atomic mass is 79.9. The van der Waals surface area contributed by atoms with Crippen LogP contribution in [0.4, 0.5) is 0 Å². The maximum atomic E-state index is 8.92. The van der Waals surface area contributed by atoms with Crippen molar-refractivity contribution in [1.82, 2.24) is 9.88 Å². The van der Waals surface area contributed by atoms with E-state index in [4.69, 9.17) is 37.8 Å². The molecule has 5 nitrogen and oxygen atoms in total. The number of pyridine rings is 1. The first kappa shape index (κ1) is 18.4. The average Bonchev–Trinajstić information content (AvgIpc) is 2.93. The fourth-order valence-electron chi connectivity index (χ4n) is 2.52. The van der Waals surface area contributed by atoms with Crippen molar-refractivity contribution in [2.45, 2.75) is 13.1 Å². The highest BCUT2D eigenvalue weighted by molar-refractivity contribution is 9.10. The van der Waals surface area contributed by atoms with Gasteiger partial charge in [-0.1, -0.05) is 23.2 Å². The van der Waals surface area contributed by atoms with Gasteiger partial charge in [0.05, 0.1) is 28.7 Å². The second kappa shape index (κ2) is 7.77. The van der Waals surface area contributed by atoms with Crippen molar-refractivity contribution in [2.75, 3.05) is 20.8 Å². The van der Waals surface area contributed by atoms with E-state index in [1.165, 1.54) is 11.1 Å². The third-order valence-corrected chi connectivity index (χ3v) is 5.02. The topological polar surface area (TPSA) is 62.7 Å². The molecule has 0 spiro atoms. The van der Waals surface area contributed by atoms with Gasteiger partial charge < -0.3 is 14.6 Å². The predicted octanol–water partition coefficient (Wildman–Crippen LogP) is 3.44. The number of aldehydes is 1. The van der Waals surface area contributed by atoms with Gasteiger partial charge in [0.15, 0.2) is 5.75 Å². The number of aliphatic hydroxyl groups excluding tert-OH is 1. The largest absolute Gasteiger partial charge is 0.494 e. The van der Waals surface area contributed by atoms with Crippen molar-refractivity contribution >= 4 is 56.3 Å². The highest BCUT2D eigenvalue weighted by Crippen LogP contribution is 2.46. The zero-order valence-electron chi connectivity index (χ0n) is 12.6. The number of methoxy groups -OCH3 is 1. The summed E-state index contributed by atoms with van der Waals surface area (Å²) in [6.07, 6.45) is 2.31. The third kappa shape index (κ3) is 3.46. The Morgan fingerprint density at radius 3 is 2.65 bits per heavy atom. The van der Waals surface area contributed by atoms with Crippen molar-refractivity contribution in [3.63, 3.8) is 0 Å². The predicted molar refractivity (Wildman–Crippen MR) is 94.3 cm³/mol. The Balaban J connectivity index is 0.000000433. The number of aromatic nitrogens is 1. The Labute approximate surface area is 152 Å². The van der Waals surface area contributed by atoms with Crippen LogP contribution >= 0.6 is 39.1 Å². The van der Waals surface area contributed by atoms with Crippen LogP contribution in [0.5, 0.6) is 5.75 Å². The normalized spacial score (nSPS) is 13.5. The molecule has 1 aliphatic rings. The Morgan fingerprint density at radius 1 is 1.43 bits per heavy atom. The van der Waals surface area contributed by atoms with Crippen molar-refractivity contribution < 1.29 is 14.6 Å². The first-order valence-electron chi connectivity index (χ1n) is 6.70. The number of nitrogens with zero attached hydrogens (tertiary/aromatic N) is 2. The molecule has 2 aromatic rings. The Kier molecular flexibility index (Phi) is 6.22. The standard InChI is InChI=1S/C13H11BrCl2N2O.C2H4O2/c1-18-4-6-3-17-12-8(7(6)5-18)9(14)13(19-2)11(16)10(12)15;3-1-2-4/h3H,4-5H2,1-2H3;1,4H,2H2. The molecule has 23 heavy (non-hydrogen) atoms. The molecule has 0 aliphatic carbocycles. The number of aliphatic hydroxyl groups is 1. The van der Waals surface area contributed by atoms with E-state index >= 15 is 0 Å². The quantitative estimate of drug-likeness (QED) is 0.594. The van der Waals surface area contributed by atoms with Crippen LogP contribution < -0.4 is 4.74 Å². The van der Waals surface area contributed by atoms with Gasteiger partial charge in [0.2, 0.25) is 0 Å². The van der Waals surface area contributed by atoms with Gasteiger partial charge in [-0.2, -0.15) is 0 Å². The van der Waals surface area contributed by atoms with Crippen LogP contribution in [0.2, 0.25) is 10.0 Å². The second-order valence-electron chi connectivity index (χ2n) is 4.98. The lowest BCUT2D eigenvalue weighted by Gasteiger charge is -2.13. The van der Waals surface area contributed by atoms with E-state index in [2.05, 4.69) is 32.9 Å². The smallest absolute Gasteiger partial charge is 0.153 e. The van der Waals surface area contributed by atoms with Crippen molar-refractivity contribution in [3.05, 3.63) is 31.8 Å². The molecule has 1 N–H and O–H groups in total. The fraction of sp³-hybridized carbons (Fsp3) is 0.333. The molecule has 3 rings (SSSR count). The van der Waals surface area contributed by atoms with Gasteiger partial charge in [0, 0.05) is 24.7 Å². The maximum absolute atomic E-state index is 8.92. The Bertz CT molecular complexity index is 756. The molecular formula is C15H15BrCl2N2O3. The lowest BCUT2D eigenvalue weighted by atomic mass is 10.1. The minimum Gasteiger partial charge on any atom is -0.494 e. The Morgan fingerprint density at radius 2 is 2.09 bits per heavy atom. The van der Waals surface area contributed by atoms with Gasteiger partial charge in [-0.05, 0) is 34.1 Å². The monoisotopic (exact) mass is 420 g/mol. The third-order valence-electron chi connectivity index (χ3n) is 3.44. The zero-order valence-corrected chi connectivity index (χ0v) is 15.7. The summed E-state index contributed by atoms with van der Waals surface area (Å²) in [4.78, 5) is 15.6. The molecule has 0 unspecified atom stereocenters. The summed E-state index contributed by atoms with van der Waals surface area (Å²) >= 11 is 16.1. The number of hydrogen-bond donors (Lipinski definition) is 1. The van der Waals surface area contributed by atoms with Gasteiger partial charge in [-0.25, -0.2) is 0 Å². The summed E-state index contributed by atoms with van der Waals surface area (Å²) in [5.74, 6) is 0.559. The van der Waals surface area contributed by atoms with Crippen LogP contribution in [0.3, 0.4) is 0 Å². The molecule has 0 fully saturated rings. The molecule has 0 amide bonds. The lowest BCUT2D eigenvalue weighted by Crippen LogP contribution is -2.07. The molecule has 0 bridgehead atoms. The van der Waals surface area contributed by atoms with E-state index in [0.717, 1.165) is 22.9 Å². The van der Waals surface area contributed by atoms with Gasteiger partial charge in [0.1, 0.15) is 11.3 Å². The molecule has 8 heteroatoms. The highest BCUT2D eigenvalue weighted by Gasteiger charge is 2.25. The number of carbonyl (C=O) groups excluding carboxylic acids is 1. The molecule has 1 aliphatic heterocycles. The molecule has 0 saturated heterocycles. The molecule has 0 radical (unpaired) electrons. The zero-order chi connectivity index (χ0) is 17.1. The van der Waals surface area contributed by atoms with E-state index < -0.39 is 0 Å². The van der Waals surface area contributed by atoms with Crippen LogP contribution in [0, 0.1) is 0 Å². The van der Waals surface area contributed by atoms with Crippen LogP contribution in [-0.4, -0.2) is 42.0 Å². The first-order valence-corrected chi connectivity index (χ1v) is 8.25. The molecular weight excluding hydrogens is 407 g/mol. The number of fused-ring (bicyclic) bond motifs is 3.